The Kier molecular flexibility index (Phi) is 5.97. The molecule has 0 spiro atoms. The van der Waals surface area contributed by atoms with Crippen molar-refractivity contribution in [1.29, 1.82) is 0 Å². The van der Waals surface area contributed by atoms with E-state index in [0.29, 0.717) is 13.2 Å². The van der Waals surface area contributed by atoms with E-state index in [4.69, 9.17) is 9.47 Å². The Balaban J connectivity index is 1.97. The van der Waals surface area contributed by atoms with Crippen molar-refractivity contribution < 1.29 is 9.47 Å². The van der Waals surface area contributed by atoms with Crippen molar-refractivity contribution in [2.45, 2.75) is 13.8 Å². The molecule has 0 fully saturated rings. The van der Waals surface area contributed by atoms with Crippen LogP contribution in [0.25, 0.3) is 22.4 Å². The van der Waals surface area contributed by atoms with Crippen molar-refractivity contribution in [1.82, 2.24) is 4.98 Å². The zero-order valence-electron chi connectivity index (χ0n) is 16.4. The average molecular weight is 362 g/mol. The number of anilines is 1. The summed E-state index contributed by atoms with van der Waals surface area (Å²) >= 11 is 0. The summed E-state index contributed by atoms with van der Waals surface area (Å²) in [4.78, 5) is 6.66. The summed E-state index contributed by atoms with van der Waals surface area (Å²) < 4.78 is 11.4. The van der Waals surface area contributed by atoms with Crippen LogP contribution >= 0.6 is 0 Å². The van der Waals surface area contributed by atoms with Gasteiger partial charge in [0, 0.05) is 37.6 Å². The highest BCUT2D eigenvalue weighted by Crippen LogP contribution is 2.34. The van der Waals surface area contributed by atoms with Gasteiger partial charge in [-0.25, -0.2) is 0 Å². The minimum absolute atomic E-state index is 0.592. The number of hydrogen-bond donors (Lipinski definition) is 0. The number of benzene rings is 2. The maximum atomic E-state index is 5.84. The second kappa shape index (κ2) is 8.58. The third-order valence-corrected chi connectivity index (χ3v) is 4.32. The molecule has 4 heteroatoms. The van der Waals surface area contributed by atoms with Crippen molar-refractivity contribution in [3.63, 3.8) is 0 Å². The van der Waals surface area contributed by atoms with E-state index in [1.807, 2.05) is 58.4 Å². The molecule has 0 bridgehead atoms. The van der Waals surface area contributed by atoms with Gasteiger partial charge in [0.1, 0.15) is 11.5 Å². The van der Waals surface area contributed by atoms with E-state index in [1.165, 1.54) is 5.69 Å². The molecule has 1 heterocycles. The van der Waals surface area contributed by atoms with Gasteiger partial charge in [0.15, 0.2) is 0 Å². The summed E-state index contributed by atoms with van der Waals surface area (Å²) in [5.74, 6) is 1.59. The first-order valence-electron chi connectivity index (χ1n) is 9.26. The van der Waals surface area contributed by atoms with E-state index in [1.54, 1.807) is 0 Å². The van der Waals surface area contributed by atoms with Gasteiger partial charge in [0.05, 0.1) is 18.9 Å². The van der Waals surface area contributed by atoms with Gasteiger partial charge >= 0.3 is 0 Å². The third-order valence-electron chi connectivity index (χ3n) is 4.32. The summed E-state index contributed by atoms with van der Waals surface area (Å²) in [6.45, 7) is 5.17. The van der Waals surface area contributed by atoms with Crippen LogP contribution in [0, 0.1) is 0 Å². The van der Waals surface area contributed by atoms with Crippen molar-refractivity contribution in [2.75, 3.05) is 32.2 Å². The maximum absolute atomic E-state index is 5.84. The van der Waals surface area contributed by atoms with Gasteiger partial charge in [-0.2, -0.15) is 0 Å². The summed E-state index contributed by atoms with van der Waals surface area (Å²) in [6.07, 6.45) is 1.84. The second-order valence-electron chi connectivity index (χ2n) is 6.40. The van der Waals surface area contributed by atoms with Gasteiger partial charge in [0.25, 0.3) is 0 Å². The highest BCUT2D eigenvalue weighted by molar-refractivity contribution is 5.75. The predicted molar refractivity (Wildman–Crippen MR) is 112 cm³/mol. The van der Waals surface area contributed by atoms with Crippen LogP contribution in [0.5, 0.6) is 11.5 Å². The van der Waals surface area contributed by atoms with Crippen LogP contribution in [-0.2, 0) is 0 Å². The highest BCUT2D eigenvalue weighted by Gasteiger charge is 2.11. The number of rotatable bonds is 7. The first-order valence-corrected chi connectivity index (χ1v) is 9.26. The molecule has 0 amide bonds. The van der Waals surface area contributed by atoms with Crippen LogP contribution in [0.1, 0.15) is 13.8 Å². The van der Waals surface area contributed by atoms with Gasteiger partial charge in [-0.3, -0.25) is 4.98 Å². The Bertz CT molecular complexity index is 889. The lowest BCUT2D eigenvalue weighted by Gasteiger charge is -2.14. The molecule has 0 N–H and O–H groups in total. The Morgan fingerprint density at radius 1 is 0.815 bits per heavy atom. The monoisotopic (exact) mass is 362 g/mol. The molecular weight excluding hydrogens is 336 g/mol. The standard InChI is InChI=1S/C23H26N2O2/c1-5-26-20-11-12-21(23(16-20)27-6-2)22-15-18(13-14-24-22)17-7-9-19(10-8-17)25(3)4/h7-16H,5-6H2,1-4H3. The fourth-order valence-corrected chi connectivity index (χ4v) is 2.96. The quantitative estimate of drug-likeness (QED) is 0.573. The normalized spacial score (nSPS) is 10.5. The van der Waals surface area contributed by atoms with Gasteiger partial charge in [-0.1, -0.05) is 12.1 Å². The predicted octanol–water partition coefficient (Wildman–Crippen LogP) is 5.28. The van der Waals surface area contributed by atoms with Crippen molar-refractivity contribution in [3.8, 4) is 33.9 Å². The summed E-state index contributed by atoms with van der Waals surface area (Å²) in [7, 11) is 4.08. The van der Waals surface area contributed by atoms with E-state index in [-0.39, 0.29) is 0 Å². The van der Waals surface area contributed by atoms with E-state index in [9.17, 15) is 0 Å². The number of nitrogens with zero attached hydrogens (tertiary/aromatic N) is 2. The number of aromatic nitrogens is 1. The fourth-order valence-electron chi connectivity index (χ4n) is 2.96. The van der Waals surface area contributed by atoms with Gasteiger partial charge in [-0.15, -0.1) is 0 Å². The first-order chi connectivity index (χ1) is 13.1. The fraction of sp³-hybridized carbons (Fsp3) is 0.261. The maximum Gasteiger partial charge on any atom is 0.132 e. The Morgan fingerprint density at radius 3 is 2.22 bits per heavy atom. The SMILES string of the molecule is CCOc1ccc(-c2cc(-c3ccc(N(C)C)cc3)ccn2)c(OCC)c1. The number of pyridine rings is 1. The van der Waals surface area contributed by atoms with Crippen molar-refractivity contribution >= 4 is 5.69 Å². The van der Waals surface area contributed by atoms with E-state index >= 15 is 0 Å². The molecule has 4 nitrogen and oxygen atoms in total. The Labute approximate surface area is 161 Å². The molecule has 0 aliphatic heterocycles. The van der Waals surface area contributed by atoms with Crippen LogP contribution in [-0.4, -0.2) is 32.3 Å². The lowest BCUT2D eigenvalue weighted by atomic mass is 10.0. The number of ether oxygens (including phenoxy) is 2. The van der Waals surface area contributed by atoms with Gasteiger partial charge in [0.2, 0.25) is 0 Å². The highest BCUT2D eigenvalue weighted by atomic mass is 16.5. The lowest BCUT2D eigenvalue weighted by molar-refractivity contribution is 0.324. The third kappa shape index (κ3) is 4.40. The van der Waals surface area contributed by atoms with E-state index < -0.39 is 0 Å². The molecule has 0 radical (unpaired) electrons. The summed E-state index contributed by atoms with van der Waals surface area (Å²) in [5.41, 5.74) is 5.32. The molecular formula is C23H26N2O2. The molecule has 27 heavy (non-hydrogen) atoms. The molecule has 2 aromatic carbocycles. The van der Waals surface area contributed by atoms with Crippen LogP contribution < -0.4 is 14.4 Å². The largest absolute Gasteiger partial charge is 0.494 e. The molecule has 3 aromatic rings. The van der Waals surface area contributed by atoms with Crippen LogP contribution in [0.3, 0.4) is 0 Å². The van der Waals surface area contributed by atoms with Crippen LogP contribution in [0.2, 0.25) is 0 Å². The smallest absolute Gasteiger partial charge is 0.132 e. The molecule has 0 saturated carbocycles. The molecule has 0 atom stereocenters. The van der Waals surface area contributed by atoms with Gasteiger partial charge in [-0.05, 0) is 61.4 Å². The van der Waals surface area contributed by atoms with Crippen LogP contribution in [0.15, 0.2) is 60.8 Å². The summed E-state index contributed by atoms with van der Waals surface area (Å²) in [5, 5.41) is 0. The molecule has 1 aromatic heterocycles. The zero-order chi connectivity index (χ0) is 19.2. The molecule has 0 aliphatic carbocycles. The van der Waals surface area contributed by atoms with Gasteiger partial charge < -0.3 is 14.4 Å². The molecule has 0 unspecified atom stereocenters. The minimum atomic E-state index is 0.592. The second-order valence-corrected chi connectivity index (χ2v) is 6.40. The Hall–Kier alpha value is -3.01. The average Bonchev–Trinajstić information content (AvgIpc) is 2.69. The Morgan fingerprint density at radius 2 is 1.56 bits per heavy atom. The zero-order valence-corrected chi connectivity index (χ0v) is 16.4. The molecule has 0 aliphatic rings. The summed E-state index contributed by atoms with van der Waals surface area (Å²) in [6, 6.07) is 18.6. The number of hydrogen-bond acceptors (Lipinski definition) is 4. The topological polar surface area (TPSA) is 34.6 Å². The van der Waals surface area contributed by atoms with E-state index in [2.05, 4.69) is 40.2 Å². The van der Waals surface area contributed by atoms with Crippen LogP contribution in [0.4, 0.5) is 5.69 Å². The van der Waals surface area contributed by atoms with Crippen molar-refractivity contribution in [3.05, 3.63) is 60.8 Å². The molecule has 0 saturated heterocycles. The molecule has 3 rings (SSSR count). The minimum Gasteiger partial charge on any atom is -0.494 e. The molecule has 140 valence electrons. The van der Waals surface area contributed by atoms with Crippen molar-refractivity contribution in [2.24, 2.45) is 0 Å². The van der Waals surface area contributed by atoms with E-state index in [0.717, 1.165) is 33.9 Å². The first kappa shape index (κ1) is 18.8. The lowest BCUT2D eigenvalue weighted by Crippen LogP contribution is -2.07.